The topological polar surface area (TPSA) is 12.5 Å². The molecule has 0 aromatic heterocycles. The van der Waals surface area contributed by atoms with Crippen molar-refractivity contribution in [2.24, 2.45) is 5.41 Å². The van der Waals surface area contributed by atoms with Gasteiger partial charge in [-0.15, -0.1) is 0 Å². The van der Waals surface area contributed by atoms with E-state index in [1.165, 1.54) is 32.0 Å². The molecular formula is C9H21NOSi2. The third-order valence-electron chi connectivity index (χ3n) is 3.25. The molecule has 0 bridgehead atoms. The van der Waals surface area contributed by atoms with Gasteiger partial charge in [0.05, 0.1) is 0 Å². The Hall–Kier alpha value is 0.354. The van der Waals surface area contributed by atoms with Crippen molar-refractivity contribution in [3.63, 3.8) is 0 Å². The van der Waals surface area contributed by atoms with Crippen LogP contribution in [0.15, 0.2) is 0 Å². The summed E-state index contributed by atoms with van der Waals surface area (Å²) < 4.78 is 8.68. The monoisotopic (exact) mass is 215 g/mol. The van der Waals surface area contributed by atoms with Crippen molar-refractivity contribution >= 4 is 17.8 Å². The van der Waals surface area contributed by atoms with Gasteiger partial charge in [-0.3, -0.25) is 0 Å². The Kier molecular flexibility index (Phi) is 2.92. The van der Waals surface area contributed by atoms with Gasteiger partial charge in [-0.25, -0.2) is 0 Å². The second kappa shape index (κ2) is 3.84. The van der Waals surface area contributed by atoms with Crippen molar-refractivity contribution in [1.29, 1.82) is 0 Å². The SMILES string of the molecule is CC1(C)CO[SiH2][SiH](N2CCCC2)C1. The maximum Gasteiger partial charge on any atom is 0.164 e. The van der Waals surface area contributed by atoms with Crippen molar-refractivity contribution in [3.8, 4) is 0 Å². The number of rotatable bonds is 1. The first-order valence-corrected chi connectivity index (χ1v) is 10.7. The molecule has 0 aromatic rings. The smallest absolute Gasteiger partial charge is 0.164 e. The Balaban J connectivity index is 1.91. The summed E-state index contributed by atoms with van der Waals surface area (Å²) in [5.41, 5.74) is 0.491. The minimum absolute atomic E-state index is 0.111. The van der Waals surface area contributed by atoms with E-state index < -0.39 is 8.48 Å². The second-order valence-electron chi connectivity index (χ2n) is 5.28. The van der Waals surface area contributed by atoms with Gasteiger partial charge in [-0.1, -0.05) is 13.8 Å². The predicted octanol–water partition coefficient (Wildman–Crippen LogP) is 0.443. The lowest BCUT2D eigenvalue weighted by Gasteiger charge is -2.38. The molecule has 0 saturated carbocycles. The zero-order valence-corrected chi connectivity index (χ0v) is 11.5. The summed E-state index contributed by atoms with van der Waals surface area (Å²) in [5, 5.41) is 0. The van der Waals surface area contributed by atoms with Crippen LogP contribution in [0.3, 0.4) is 0 Å². The molecule has 0 aromatic carbocycles. The summed E-state index contributed by atoms with van der Waals surface area (Å²) in [6.07, 6.45) is 2.89. The Morgan fingerprint density at radius 1 is 1.31 bits per heavy atom. The molecule has 13 heavy (non-hydrogen) atoms. The van der Waals surface area contributed by atoms with E-state index in [1.54, 1.807) is 0 Å². The maximum atomic E-state index is 5.87. The summed E-state index contributed by atoms with van der Waals surface area (Å²) in [4.78, 5) is 0. The van der Waals surface area contributed by atoms with E-state index in [2.05, 4.69) is 18.4 Å². The summed E-state index contributed by atoms with van der Waals surface area (Å²) in [6.45, 7) is 8.57. The molecule has 0 N–H and O–H groups in total. The van der Waals surface area contributed by atoms with Gasteiger partial charge in [0.1, 0.15) is 8.48 Å². The molecule has 4 heteroatoms. The first-order chi connectivity index (χ1) is 6.17. The zero-order chi connectivity index (χ0) is 9.31. The molecule has 2 aliphatic rings. The Bertz CT molecular complexity index is 180. The molecule has 2 heterocycles. The van der Waals surface area contributed by atoms with E-state index in [9.17, 15) is 0 Å². The first kappa shape index (κ1) is 9.89. The van der Waals surface area contributed by atoms with Crippen LogP contribution in [0.4, 0.5) is 0 Å². The molecule has 2 rings (SSSR count). The number of hydrogen-bond donors (Lipinski definition) is 0. The fraction of sp³-hybridized carbons (Fsp3) is 1.00. The van der Waals surface area contributed by atoms with E-state index in [0.29, 0.717) is 5.41 Å². The highest BCUT2D eigenvalue weighted by atomic mass is 29.2. The standard InChI is InChI=1S/C9H21NOSi2/c1-9(2)7-11-12-13(8-9)10-5-3-4-6-10/h13H,3-8,12H2,1-2H3. The molecule has 76 valence electrons. The molecule has 2 aliphatic heterocycles. The summed E-state index contributed by atoms with van der Waals surface area (Å²) >= 11 is 0. The van der Waals surface area contributed by atoms with Crippen molar-refractivity contribution in [1.82, 2.24) is 4.57 Å². The van der Waals surface area contributed by atoms with Gasteiger partial charge in [0.2, 0.25) is 0 Å². The third kappa shape index (κ3) is 2.43. The lowest BCUT2D eigenvalue weighted by Crippen LogP contribution is -2.50. The fourth-order valence-electron chi connectivity index (χ4n) is 2.57. The van der Waals surface area contributed by atoms with E-state index in [-0.39, 0.29) is 9.28 Å². The van der Waals surface area contributed by atoms with Crippen LogP contribution in [0.5, 0.6) is 0 Å². The average Bonchev–Trinajstić information content (AvgIpc) is 2.53. The lowest BCUT2D eigenvalue weighted by atomic mass is 9.98. The van der Waals surface area contributed by atoms with Gasteiger partial charge in [-0.05, 0) is 37.4 Å². The quantitative estimate of drug-likeness (QED) is 0.589. The normalized spacial score (nSPS) is 36.9. The average molecular weight is 215 g/mol. The van der Waals surface area contributed by atoms with E-state index in [4.69, 9.17) is 4.43 Å². The zero-order valence-electron chi connectivity index (χ0n) is 8.88. The molecule has 2 fully saturated rings. The highest BCUT2D eigenvalue weighted by molar-refractivity contribution is 7.08. The van der Waals surface area contributed by atoms with Crippen LogP contribution >= 0.6 is 0 Å². The number of nitrogens with zero attached hydrogens (tertiary/aromatic N) is 1. The highest BCUT2D eigenvalue weighted by Crippen LogP contribution is 2.29. The molecule has 1 atom stereocenters. The minimum atomic E-state index is -0.554. The van der Waals surface area contributed by atoms with Crippen LogP contribution in [-0.2, 0) is 4.43 Å². The Morgan fingerprint density at radius 2 is 2.00 bits per heavy atom. The minimum Gasteiger partial charge on any atom is -0.425 e. The molecule has 0 aliphatic carbocycles. The molecule has 0 spiro atoms. The highest BCUT2D eigenvalue weighted by Gasteiger charge is 2.34. The van der Waals surface area contributed by atoms with Crippen molar-refractivity contribution in [3.05, 3.63) is 0 Å². The van der Waals surface area contributed by atoms with Crippen LogP contribution < -0.4 is 0 Å². The molecule has 0 amide bonds. The molecule has 2 nitrogen and oxygen atoms in total. The van der Waals surface area contributed by atoms with Crippen LogP contribution in [0.1, 0.15) is 26.7 Å². The molecule has 2 saturated heterocycles. The number of hydrogen-bond acceptors (Lipinski definition) is 2. The van der Waals surface area contributed by atoms with Crippen molar-refractivity contribution < 1.29 is 4.43 Å². The van der Waals surface area contributed by atoms with Crippen LogP contribution in [0, 0.1) is 5.41 Å². The summed E-state index contributed by atoms with van der Waals surface area (Å²) in [6, 6.07) is 1.51. The van der Waals surface area contributed by atoms with Gasteiger partial charge < -0.3 is 8.99 Å². The van der Waals surface area contributed by atoms with Crippen molar-refractivity contribution in [2.75, 3.05) is 19.7 Å². The maximum absolute atomic E-state index is 5.87. The molecule has 0 radical (unpaired) electrons. The Labute approximate surface area is 85.1 Å². The van der Waals surface area contributed by atoms with Gasteiger partial charge >= 0.3 is 0 Å². The Morgan fingerprint density at radius 3 is 2.62 bits per heavy atom. The van der Waals surface area contributed by atoms with Gasteiger partial charge in [-0.2, -0.15) is 0 Å². The molecular weight excluding hydrogens is 194 g/mol. The lowest BCUT2D eigenvalue weighted by molar-refractivity contribution is 0.194. The third-order valence-corrected chi connectivity index (χ3v) is 11.5. The largest absolute Gasteiger partial charge is 0.425 e. The first-order valence-electron chi connectivity index (χ1n) is 5.49. The van der Waals surface area contributed by atoms with Gasteiger partial charge in [0.15, 0.2) is 9.28 Å². The fourth-order valence-corrected chi connectivity index (χ4v) is 12.2. The van der Waals surface area contributed by atoms with E-state index in [1.807, 2.05) is 0 Å². The van der Waals surface area contributed by atoms with Crippen LogP contribution in [0.25, 0.3) is 0 Å². The van der Waals surface area contributed by atoms with Crippen molar-refractivity contribution in [2.45, 2.75) is 32.7 Å². The van der Waals surface area contributed by atoms with Gasteiger partial charge in [0, 0.05) is 6.61 Å². The second-order valence-corrected chi connectivity index (χ2v) is 12.3. The van der Waals surface area contributed by atoms with Crippen LogP contribution in [-0.4, -0.2) is 42.0 Å². The predicted molar refractivity (Wildman–Crippen MR) is 61.0 cm³/mol. The summed E-state index contributed by atoms with van der Waals surface area (Å²) in [5.74, 6) is 0. The van der Waals surface area contributed by atoms with Crippen LogP contribution in [0.2, 0.25) is 6.04 Å². The van der Waals surface area contributed by atoms with E-state index in [0.717, 1.165) is 6.61 Å². The van der Waals surface area contributed by atoms with E-state index >= 15 is 0 Å². The van der Waals surface area contributed by atoms with Gasteiger partial charge in [0.25, 0.3) is 0 Å². The summed E-state index contributed by atoms with van der Waals surface area (Å²) in [7, 11) is -0.665. The molecule has 1 unspecified atom stereocenters.